The van der Waals surface area contributed by atoms with E-state index in [-0.39, 0.29) is 12.7 Å². The second kappa shape index (κ2) is 5.01. The third-order valence-corrected chi connectivity index (χ3v) is 3.35. The Bertz CT molecular complexity index is 580. The van der Waals surface area contributed by atoms with Gasteiger partial charge in [-0.1, -0.05) is 12.1 Å². The number of aliphatic hydroxyl groups is 1. The number of hydrogen-bond acceptors (Lipinski definition) is 5. The second-order valence-electron chi connectivity index (χ2n) is 4.74. The van der Waals surface area contributed by atoms with E-state index < -0.39 is 0 Å². The highest BCUT2D eigenvalue weighted by molar-refractivity contribution is 5.42. The fourth-order valence-electron chi connectivity index (χ4n) is 2.46. The van der Waals surface area contributed by atoms with Crippen LogP contribution in [-0.4, -0.2) is 15.3 Å². The summed E-state index contributed by atoms with van der Waals surface area (Å²) in [6.45, 7) is 2.00. The highest BCUT2D eigenvalue weighted by atomic mass is 16.5. The largest absolute Gasteiger partial charge is 0.484 e. The zero-order valence-electron chi connectivity index (χ0n) is 10.8. The summed E-state index contributed by atoms with van der Waals surface area (Å²) in [6.07, 6.45) is 2.36. The number of rotatable bonds is 3. The quantitative estimate of drug-likeness (QED) is 0.917. The summed E-state index contributed by atoms with van der Waals surface area (Å²) in [5.74, 6) is 1.79. The van der Waals surface area contributed by atoms with Crippen LogP contribution >= 0.6 is 0 Å². The van der Waals surface area contributed by atoms with Crippen LogP contribution in [0.5, 0.6) is 5.75 Å². The van der Waals surface area contributed by atoms with Crippen LogP contribution in [0.25, 0.3) is 0 Å². The highest BCUT2D eigenvalue weighted by Crippen LogP contribution is 2.35. The third kappa shape index (κ3) is 2.46. The maximum atomic E-state index is 9.98. The van der Waals surface area contributed by atoms with E-state index in [1.807, 2.05) is 18.2 Å². The Balaban J connectivity index is 1.79. The summed E-state index contributed by atoms with van der Waals surface area (Å²) in [5, 5.41) is 17.6. The van der Waals surface area contributed by atoms with Gasteiger partial charge in [-0.05, 0) is 36.5 Å². The first-order valence-corrected chi connectivity index (χ1v) is 6.45. The third-order valence-electron chi connectivity index (χ3n) is 3.35. The summed E-state index contributed by atoms with van der Waals surface area (Å²) in [7, 11) is 0. The molecule has 1 N–H and O–H groups in total. The fourth-order valence-corrected chi connectivity index (χ4v) is 2.46. The smallest absolute Gasteiger partial charge is 0.253 e. The zero-order chi connectivity index (χ0) is 13.2. The van der Waals surface area contributed by atoms with E-state index in [2.05, 4.69) is 10.2 Å². The van der Waals surface area contributed by atoms with Crippen molar-refractivity contribution in [3.63, 3.8) is 0 Å². The van der Waals surface area contributed by atoms with Gasteiger partial charge in [-0.3, -0.25) is 0 Å². The van der Waals surface area contributed by atoms with Crippen molar-refractivity contribution in [1.29, 1.82) is 0 Å². The van der Waals surface area contributed by atoms with Gasteiger partial charge in [0.05, 0.1) is 6.10 Å². The zero-order valence-corrected chi connectivity index (χ0v) is 10.8. The van der Waals surface area contributed by atoms with Gasteiger partial charge in [0, 0.05) is 6.92 Å². The maximum absolute atomic E-state index is 9.98. The van der Waals surface area contributed by atoms with Gasteiger partial charge in [0.2, 0.25) is 5.89 Å². The lowest BCUT2D eigenvalue weighted by Crippen LogP contribution is -2.11. The summed E-state index contributed by atoms with van der Waals surface area (Å²) in [6, 6.07) is 5.78. The standard InChI is InChI=1S/C14H16N2O3/c1-9-15-16-14(19-9)8-18-13-7-3-4-10-11(13)5-2-6-12(10)17/h3-4,7,12,17H,2,5-6,8H2,1H3. The first-order chi connectivity index (χ1) is 9.24. The van der Waals surface area contributed by atoms with Crippen LogP contribution in [0.3, 0.4) is 0 Å². The molecular formula is C14H16N2O3. The fraction of sp³-hybridized carbons (Fsp3) is 0.429. The first kappa shape index (κ1) is 12.2. The van der Waals surface area contributed by atoms with Crippen LogP contribution in [0.1, 0.15) is 41.9 Å². The normalized spacial score (nSPS) is 18.1. The van der Waals surface area contributed by atoms with E-state index in [1.165, 1.54) is 0 Å². The Kier molecular flexibility index (Phi) is 3.21. The van der Waals surface area contributed by atoms with Crippen molar-refractivity contribution in [3.8, 4) is 5.75 Å². The number of aromatic nitrogens is 2. The van der Waals surface area contributed by atoms with Gasteiger partial charge >= 0.3 is 0 Å². The monoisotopic (exact) mass is 260 g/mol. The predicted molar refractivity (Wildman–Crippen MR) is 67.7 cm³/mol. The number of benzene rings is 1. The van der Waals surface area contributed by atoms with Gasteiger partial charge in [-0.15, -0.1) is 10.2 Å². The molecule has 0 amide bonds. The van der Waals surface area contributed by atoms with E-state index in [4.69, 9.17) is 9.15 Å². The van der Waals surface area contributed by atoms with Crippen molar-refractivity contribution in [2.45, 2.75) is 38.9 Å². The van der Waals surface area contributed by atoms with Crippen LogP contribution in [0.15, 0.2) is 22.6 Å². The van der Waals surface area contributed by atoms with Crippen molar-refractivity contribution in [2.75, 3.05) is 0 Å². The molecule has 5 nitrogen and oxygen atoms in total. The highest BCUT2D eigenvalue weighted by Gasteiger charge is 2.21. The molecule has 1 heterocycles. The number of aryl methyl sites for hydroxylation is 1. The molecule has 1 aliphatic rings. The molecule has 3 rings (SSSR count). The molecule has 2 aromatic rings. The van der Waals surface area contributed by atoms with E-state index >= 15 is 0 Å². The molecule has 1 unspecified atom stereocenters. The molecule has 1 aliphatic carbocycles. The molecule has 1 aromatic carbocycles. The molecule has 100 valence electrons. The van der Waals surface area contributed by atoms with Crippen LogP contribution in [0, 0.1) is 6.92 Å². The van der Waals surface area contributed by atoms with Crippen molar-refractivity contribution >= 4 is 0 Å². The molecule has 0 aliphatic heterocycles. The molecule has 1 aromatic heterocycles. The lowest BCUT2D eigenvalue weighted by Gasteiger charge is -2.23. The van der Waals surface area contributed by atoms with E-state index in [9.17, 15) is 5.11 Å². The summed E-state index contributed by atoms with van der Waals surface area (Å²) < 4.78 is 11.0. The minimum atomic E-state index is -0.377. The molecule has 0 fully saturated rings. The van der Waals surface area contributed by atoms with E-state index in [0.29, 0.717) is 11.8 Å². The maximum Gasteiger partial charge on any atom is 0.253 e. The van der Waals surface area contributed by atoms with E-state index in [0.717, 1.165) is 36.1 Å². The van der Waals surface area contributed by atoms with Crippen molar-refractivity contribution in [2.24, 2.45) is 0 Å². The molecule has 19 heavy (non-hydrogen) atoms. The molecule has 1 atom stereocenters. The minimum absolute atomic E-state index is 0.257. The Hall–Kier alpha value is -1.88. The lowest BCUT2D eigenvalue weighted by atomic mass is 9.89. The number of fused-ring (bicyclic) bond motifs is 1. The SMILES string of the molecule is Cc1nnc(COc2cccc3c2CCCC3O)o1. The molecule has 5 heteroatoms. The molecule has 0 saturated heterocycles. The Morgan fingerprint density at radius 1 is 1.42 bits per heavy atom. The van der Waals surface area contributed by atoms with Gasteiger partial charge < -0.3 is 14.3 Å². The number of aliphatic hydroxyl groups excluding tert-OH is 1. The van der Waals surface area contributed by atoms with Gasteiger partial charge in [-0.25, -0.2) is 0 Å². The minimum Gasteiger partial charge on any atom is -0.484 e. The summed E-state index contributed by atoms with van der Waals surface area (Å²) in [5.41, 5.74) is 2.07. The van der Waals surface area contributed by atoms with Gasteiger partial charge in [0.25, 0.3) is 5.89 Å². The number of nitrogens with zero attached hydrogens (tertiary/aromatic N) is 2. The molecule has 0 bridgehead atoms. The lowest BCUT2D eigenvalue weighted by molar-refractivity contribution is 0.154. The van der Waals surface area contributed by atoms with Crippen LogP contribution < -0.4 is 4.74 Å². The van der Waals surface area contributed by atoms with Gasteiger partial charge in [-0.2, -0.15) is 0 Å². The second-order valence-corrected chi connectivity index (χ2v) is 4.74. The number of ether oxygens (including phenoxy) is 1. The summed E-state index contributed by atoms with van der Waals surface area (Å²) in [4.78, 5) is 0. The Labute approximate surface area is 111 Å². The molecule has 0 saturated carbocycles. The van der Waals surface area contributed by atoms with Gasteiger partial charge in [0.1, 0.15) is 5.75 Å². The Morgan fingerprint density at radius 3 is 3.11 bits per heavy atom. The van der Waals surface area contributed by atoms with Crippen LogP contribution in [-0.2, 0) is 13.0 Å². The Morgan fingerprint density at radius 2 is 2.32 bits per heavy atom. The van der Waals surface area contributed by atoms with Crippen LogP contribution in [0.4, 0.5) is 0 Å². The van der Waals surface area contributed by atoms with Crippen molar-refractivity contribution in [1.82, 2.24) is 10.2 Å². The summed E-state index contributed by atoms with van der Waals surface area (Å²) >= 11 is 0. The van der Waals surface area contributed by atoms with Gasteiger partial charge in [0.15, 0.2) is 6.61 Å². The van der Waals surface area contributed by atoms with Crippen molar-refractivity contribution in [3.05, 3.63) is 41.1 Å². The average molecular weight is 260 g/mol. The molecular weight excluding hydrogens is 244 g/mol. The first-order valence-electron chi connectivity index (χ1n) is 6.45. The van der Waals surface area contributed by atoms with E-state index in [1.54, 1.807) is 6.92 Å². The molecule has 0 spiro atoms. The number of hydrogen-bond donors (Lipinski definition) is 1. The average Bonchev–Trinajstić information content (AvgIpc) is 2.83. The predicted octanol–water partition coefficient (Wildman–Crippen LogP) is 2.33. The molecule has 0 radical (unpaired) electrons. The van der Waals surface area contributed by atoms with Crippen molar-refractivity contribution < 1.29 is 14.3 Å². The topological polar surface area (TPSA) is 68.4 Å². The van der Waals surface area contributed by atoms with Crippen LogP contribution in [0.2, 0.25) is 0 Å².